The molecule has 2 amide bonds. The van der Waals surface area contributed by atoms with Crippen molar-refractivity contribution >= 4 is 17.8 Å². The SMILES string of the molecule is CC(C)(C)C(=O)NCc1ccc(C(=O)N2CCCC2CC(=O)O)cc1. The van der Waals surface area contributed by atoms with Gasteiger partial charge in [0.2, 0.25) is 5.91 Å². The van der Waals surface area contributed by atoms with E-state index in [1.54, 1.807) is 17.0 Å². The Kier molecular flexibility index (Phi) is 5.82. The van der Waals surface area contributed by atoms with Gasteiger partial charge in [0.1, 0.15) is 0 Å². The van der Waals surface area contributed by atoms with Crippen molar-refractivity contribution in [3.8, 4) is 0 Å². The van der Waals surface area contributed by atoms with Crippen LogP contribution < -0.4 is 5.32 Å². The quantitative estimate of drug-likeness (QED) is 0.857. The third-order valence-corrected chi connectivity index (χ3v) is 4.38. The highest BCUT2D eigenvalue weighted by molar-refractivity contribution is 5.95. The van der Waals surface area contributed by atoms with Gasteiger partial charge in [-0.05, 0) is 30.5 Å². The van der Waals surface area contributed by atoms with Crippen molar-refractivity contribution in [3.63, 3.8) is 0 Å². The van der Waals surface area contributed by atoms with E-state index >= 15 is 0 Å². The molecule has 0 aliphatic carbocycles. The highest BCUT2D eigenvalue weighted by Gasteiger charge is 2.30. The molecule has 136 valence electrons. The molecule has 6 nitrogen and oxygen atoms in total. The zero-order valence-electron chi connectivity index (χ0n) is 15.0. The summed E-state index contributed by atoms with van der Waals surface area (Å²) in [6.45, 7) is 6.57. The normalized spacial score (nSPS) is 17.4. The van der Waals surface area contributed by atoms with E-state index in [9.17, 15) is 14.4 Å². The zero-order chi connectivity index (χ0) is 18.6. The summed E-state index contributed by atoms with van der Waals surface area (Å²) in [4.78, 5) is 37.1. The largest absolute Gasteiger partial charge is 0.481 e. The van der Waals surface area contributed by atoms with Gasteiger partial charge < -0.3 is 15.3 Å². The van der Waals surface area contributed by atoms with Crippen molar-refractivity contribution < 1.29 is 19.5 Å². The maximum Gasteiger partial charge on any atom is 0.305 e. The molecule has 0 aromatic heterocycles. The molecule has 1 heterocycles. The molecule has 1 aliphatic heterocycles. The van der Waals surface area contributed by atoms with Crippen LogP contribution in [0, 0.1) is 5.41 Å². The van der Waals surface area contributed by atoms with Crippen LogP contribution in [0.1, 0.15) is 56.0 Å². The monoisotopic (exact) mass is 346 g/mol. The van der Waals surface area contributed by atoms with Crippen LogP contribution in [0.15, 0.2) is 24.3 Å². The van der Waals surface area contributed by atoms with Crippen LogP contribution in [0.25, 0.3) is 0 Å². The lowest BCUT2D eigenvalue weighted by Gasteiger charge is -2.23. The van der Waals surface area contributed by atoms with Crippen molar-refractivity contribution in [1.29, 1.82) is 0 Å². The highest BCUT2D eigenvalue weighted by atomic mass is 16.4. The summed E-state index contributed by atoms with van der Waals surface area (Å²) in [5, 5.41) is 11.8. The second-order valence-corrected chi connectivity index (χ2v) is 7.52. The molecule has 0 saturated carbocycles. The molecule has 0 radical (unpaired) electrons. The molecule has 6 heteroatoms. The van der Waals surface area contributed by atoms with Crippen molar-refractivity contribution in [2.75, 3.05) is 6.54 Å². The van der Waals surface area contributed by atoms with E-state index in [0.717, 1.165) is 18.4 Å². The van der Waals surface area contributed by atoms with Gasteiger partial charge in [0.25, 0.3) is 5.91 Å². The van der Waals surface area contributed by atoms with Gasteiger partial charge in [-0.15, -0.1) is 0 Å². The number of carbonyl (C=O) groups excluding carboxylic acids is 2. The van der Waals surface area contributed by atoms with Crippen LogP contribution in [-0.2, 0) is 16.1 Å². The van der Waals surface area contributed by atoms with Gasteiger partial charge in [0, 0.05) is 30.1 Å². The lowest BCUT2D eigenvalue weighted by atomic mass is 9.95. The second kappa shape index (κ2) is 7.68. The first-order valence-corrected chi connectivity index (χ1v) is 8.58. The van der Waals surface area contributed by atoms with E-state index in [4.69, 9.17) is 5.11 Å². The van der Waals surface area contributed by atoms with E-state index in [2.05, 4.69) is 5.32 Å². The van der Waals surface area contributed by atoms with Crippen LogP contribution in [0.5, 0.6) is 0 Å². The number of carboxylic acid groups (broad SMARTS) is 1. The van der Waals surface area contributed by atoms with E-state index in [-0.39, 0.29) is 24.3 Å². The first kappa shape index (κ1) is 19.0. The van der Waals surface area contributed by atoms with Gasteiger partial charge in [-0.3, -0.25) is 14.4 Å². The Balaban J connectivity index is 1.98. The topological polar surface area (TPSA) is 86.7 Å². The Hall–Kier alpha value is -2.37. The summed E-state index contributed by atoms with van der Waals surface area (Å²) in [6.07, 6.45) is 1.55. The Morgan fingerprint density at radius 3 is 2.40 bits per heavy atom. The van der Waals surface area contributed by atoms with Gasteiger partial charge in [-0.25, -0.2) is 0 Å². The first-order valence-electron chi connectivity index (χ1n) is 8.58. The summed E-state index contributed by atoms with van der Waals surface area (Å²) in [5.74, 6) is -1.04. The smallest absolute Gasteiger partial charge is 0.305 e. The Labute approximate surface area is 148 Å². The minimum absolute atomic E-state index is 0.0113. The number of nitrogens with one attached hydrogen (secondary N) is 1. The van der Waals surface area contributed by atoms with Gasteiger partial charge in [0.05, 0.1) is 6.42 Å². The summed E-state index contributed by atoms with van der Waals surface area (Å²) in [7, 11) is 0. The Morgan fingerprint density at radius 2 is 1.84 bits per heavy atom. The molecular weight excluding hydrogens is 320 g/mol. The van der Waals surface area contributed by atoms with E-state index < -0.39 is 11.4 Å². The fraction of sp³-hybridized carbons (Fsp3) is 0.526. The standard InChI is InChI=1S/C19H26N2O4/c1-19(2,3)18(25)20-12-13-6-8-14(9-7-13)17(24)21-10-4-5-15(21)11-16(22)23/h6-9,15H,4-5,10-12H2,1-3H3,(H,20,25)(H,22,23). The predicted octanol–water partition coefficient (Wildman–Crippen LogP) is 2.43. The molecule has 2 N–H and O–H groups in total. The number of benzene rings is 1. The number of nitrogens with zero attached hydrogens (tertiary/aromatic N) is 1. The van der Waals surface area contributed by atoms with Crippen LogP contribution in [0.3, 0.4) is 0 Å². The fourth-order valence-corrected chi connectivity index (χ4v) is 2.90. The lowest BCUT2D eigenvalue weighted by Crippen LogP contribution is -2.36. The van der Waals surface area contributed by atoms with Gasteiger partial charge >= 0.3 is 5.97 Å². The molecule has 2 rings (SSSR count). The number of carboxylic acids is 1. The second-order valence-electron chi connectivity index (χ2n) is 7.52. The number of aliphatic carboxylic acids is 1. The molecule has 1 atom stereocenters. The number of hydrogen-bond acceptors (Lipinski definition) is 3. The Morgan fingerprint density at radius 1 is 1.20 bits per heavy atom. The summed E-state index contributed by atoms with van der Waals surface area (Å²) in [5.41, 5.74) is 1.02. The minimum Gasteiger partial charge on any atom is -0.481 e. The van der Waals surface area contributed by atoms with E-state index in [1.807, 2.05) is 32.9 Å². The highest BCUT2D eigenvalue weighted by Crippen LogP contribution is 2.23. The van der Waals surface area contributed by atoms with Crippen molar-refractivity contribution in [2.24, 2.45) is 5.41 Å². The molecule has 1 aromatic carbocycles. The molecule has 1 fully saturated rings. The predicted molar refractivity (Wildman–Crippen MR) is 94.1 cm³/mol. The average Bonchev–Trinajstić information content (AvgIpc) is 2.98. The maximum absolute atomic E-state index is 12.6. The summed E-state index contributed by atoms with van der Waals surface area (Å²) in [6, 6.07) is 6.88. The van der Waals surface area contributed by atoms with Crippen LogP contribution in [-0.4, -0.2) is 40.4 Å². The average molecular weight is 346 g/mol. The van der Waals surface area contributed by atoms with Gasteiger partial charge in [-0.1, -0.05) is 32.9 Å². The zero-order valence-corrected chi connectivity index (χ0v) is 15.0. The van der Waals surface area contributed by atoms with Gasteiger partial charge in [-0.2, -0.15) is 0 Å². The third kappa shape index (κ3) is 5.05. The number of amides is 2. The lowest BCUT2D eigenvalue weighted by molar-refractivity contribution is -0.138. The molecular formula is C19H26N2O4. The maximum atomic E-state index is 12.6. The summed E-state index contributed by atoms with van der Waals surface area (Å²) >= 11 is 0. The number of hydrogen-bond donors (Lipinski definition) is 2. The molecule has 25 heavy (non-hydrogen) atoms. The minimum atomic E-state index is -0.880. The van der Waals surface area contributed by atoms with Crippen molar-refractivity contribution in [2.45, 2.75) is 52.6 Å². The molecule has 0 bridgehead atoms. The number of likely N-dealkylation sites (tertiary alicyclic amines) is 1. The molecule has 1 saturated heterocycles. The molecule has 1 aliphatic rings. The van der Waals surface area contributed by atoms with Crippen molar-refractivity contribution in [1.82, 2.24) is 10.2 Å². The molecule has 1 aromatic rings. The van der Waals surface area contributed by atoms with Gasteiger partial charge in [0.15, 0.2) is 0 Å². The van der Waals surface area contributed by atoms with Crippen LogP contribution in [0.4, 0.5) is 0 Å². The first-order chi connectivity index (χ1) is 11.7. The summed E-state index contributed by atoms with van der Waals surface area (Å²) < 4.78 is 0. The molecule has 1 unspecified atom stereocenters. The van der Waals surface area contributed by atoms with E-state index in [1.165, 1.54) is 0 Å². The number of rotatable bonds is 5. The number of carbonyl (C=O) groups is 3. The van der Waals surface area contributed by atoms with E-state index in [0.29, 0.717) is 18.7 Å². The molecule has 0 spiro atoms. The van der Waals surface area contributed by atoms with Crippen molar-refractivity contribution in [3.05, 3.63) is 35.4 Å². The van der Waals surface area contributed by atoms with Crippen LogP contribution in [0.2, 0.25) is 0 Å². The fourth-order valence-electron chi connectivity index (χ4n) is 2.90. The van der Waals surface area contributed by atoms with Crippen LogP contribution >= 0.6 is 0 Å². The third-order valence-electron chi connectivity index (χ3n) is 4.38. The Bertz CT molecular complexity index is 646.